The van der Waals surface area contributed by atoms with E-state index in [0.717, 1.165) is 5.39 Å². The van der Waals surface area contributed by atoms with E-state index in [4.69, 9.17) is 5.11 Å². The quantitative estimate of drug-likeness (QED) is 0.722. The van der Waals surface area contributed by atoms with E-state index in [1.807, 2.05) is 0 Å². The first-order chi connectivity index (χ1) is 6.70. The van der Waals surface area contributed by atoms with E-state index < -0.39 is 5.97 Å². The average Bonchev–Trinajstić information content (AvgIpc) is 2.18. The third-order valence-corrected chi connectivity index (χ3v) is 1.98. The van der Waals surface area contributed by atoms with Gasteiger partial charge in [0.25, 0.3) is 0 Å². The summed E-state index contributed by atoms with van der Waals surface area (Å²) in [4.78, 5) is 14.6. The lowest BCUT2D eigenvalue weighted by Gasteiger charge is -2.02. The van der Waals surface area contributed by atoms with Crippen molar-refractivity contribution in [2.75, 3.05) is 0 Å². The number of benzene rings is 1. The van der Waals surface area contributed by atoms with Gasteiger partial charge >= 0.3 is 5.97 Å². The Hall–Kier alpha value is -2.14. The monoisotopic (exact) mass is 207 g/mol. The highest BCUT2D eigenvalue weighted by Crippen LogP contribution is 2.26. The molecule has 1 heterocycles. The van der Waals surface area contributed by atoms with Crippen molar-refractivity contribution in [3.8, 4) is 5.75 Å². The van der Waals surface area contributed by atoms with Gasteiger partial charge in [-0.15, -0.1) is 0 Å². The van der Waals surface area contributed by atoms with E-state index in [1.54, 1.807) is 18.2 Å². The van der Waals surface area contributed by atoms with E-state index in [1.165, 1.54) is 12.3 Å². The fourth-order valence-corrected chi connectivity index (χ4v) is 1.30. The van der Waals surface area contributed by atoms with Crippen LogP contribution in [0.5, 0.6) is 5.75 Å². The third-order valence-electron chi connectivity index (χ3n) is 1.98. The number of nitrogens with zero attached hydrogens (tertiary/aromatic N) is 1. The van der Waals surface area contributed by atoms with Gasteiger partial charge in [-0.1, -0.05) is 12.1 Å². The maximum atomic E-state index is 10.7. The largest absolute Gasteiger partial charge is 0.505 e. The van der Waals surface area contributed by atoms with Crippen molar-refractivity contribution in [3.63, 3.8) is 0 Å². The van der Waals surface area contributed by atoms with Crippen LogP contribution in [0.4, 0.5) is 0 Å². The predicted octanol–water partition coefficient (Wildman–Crippen LogP) is 0.814. The molecule has 0 aliphatic rings. The van der Waals surface area contributed by atoms with Crippen molar-refractivity contribution in [3.05, 3.63) is 36.0 Å². The van der Waals surface area contributed by atoms with Crippen LogP contribution in [-0.2, 0) is 0 Å². The second-order valence-corrected chi connectivity index (χ2v) is 2.84. The molecule has 0 spiro atoms. The Morgan fingerprint density at radius 2 is 2.00 bits per heavy atom. The van der Waals surface area contributed by atoms with Crippen LogP contribution in [0, 0.1) is 0 Å². The molecule has 0 aliphatic carbocycles. The van der Waals surface area contributed by atoms with Gasteiger partial charge in [0.15, 0.2) is 5.75 Å². The molecule has 0 aliphatic heterocycles. The molecule has 2 aromatic rings. The minimum absolute atomic E-state index is 0. The highest BCUT2D eigenvalue weighted by atomic mass is 16.4. The minimum atomic E-state index is -1.16. The number of carbonyl (C=O) groups is 1. The Kier molecular flexibility index (Phi) is 2.87. The normalized spacial score (nSPS) is 9.60. The molecule has 5 heteroatoms. The van der Waals surface area contributed by atoms with E-state index >= 15 is 0 Å². The fourth-order valence-electron chi connectivity index (χ4n) is 1.30. The van der Waals surface area contributed by atoms with Crippen LogP contribution in [0.25, 0.3) is 10.9 Å². The van der Waals surface area contributed by atoms with Gasteiger partial charge in [-0.2, -0.15) is 0 Å². The highest BCUT2D eigenvalue weighted by Gasteiger charge is 2.12. The lowest BCUT2D eigenvalue weighted by Crippen LogP contribution is -1.97. The first-order valence-corrected chi connectivity index (χ1v) is 4.00. The molecular weight excluding hydrogens is 198 g/mol. The predicted molar refractivity (Wildman–Crippen MR) is 54.0 cm³/mol. The summed E-state index contributed by atoms with van der Waals surface area (Å²) in [5.41, 5.74) is 0.184. The number of aromatic carboxylic acids is 1. The maximum absolute atomic E-state index is 10.7. The molecule has 0 fully saturated rings. The number of carboxylic acids is 1. The van der Waals surface area contributed by atoms with Crippen molar-refractivity contribution in [2.45, 2.75) is 0 Å². The molecule has 0 bridgehead atoms. The average molecular weight is 207 g/mol. The number of aromatic hydroxyl groups is 1. The highest BCUT2D eigenvalue weighted by molar-refractivity contribution is 5.98. The molecule has 0 saturated carbocycles. The summed E-state index contributed by atoms with van der Waals surface area (Å²) in [6, 6.07) is 6.46. The zero-order valence-electron chi connectivity index (χ0n) is 7.64. The summed E-state index contributed by atoms with van der Waals surface area (Å²) in [5.74, 6) is -1.44. The van der Waals surface area contributed by atoms with Crippen LogP contribution in [0.1, 0.15) is 10.4 Å². The van der Waals surface area contributed by atoms with Gasteiger partial charge in [0.2, 0.25) is 0 Å². The van der Waals surface area contributed by atoms with E-state index in [9.17, 15) is 9.90 Å². The maximum Gasteiger partial charge on any atom is 0.339 e. The van der Waals surface area contributed by atoms with Crippen LogP contribution in [0.2, 0.25) is 0 Å². The summed E-state index contributed by atoms with van der Waals surface area (Å²) in [5, 5.41) is 19.0. The third kappa shape index (κ3) is 1.72. The second-order valence-electron chi connectivity index (χ2n) is 2.84. The zero-order chi connectivity index (χ0) is 10.1. The molecule has 0 amide bonds. The number of aromatic nitrogens is 1. The molecule has 2 rings (SSSR count). The van der Waals surface area contributed by atoms with Gasteiger partial charge in [-0.25, -0.2) is 4.79 Å². The summed E-state index contributed by atoms with van der Waals surface area (Å²) in [6.45, 7) is 0. The minimum Gasteiger partial charge on any atom is -0.505 e. The summed E-state index contributed by atoms with van der Waals surface area (Å²) in [7, 11) is 0. The molecular formula is C10H9NO4. The number of fused-ring (bicyclic) bond motifs is 1. The molecule has 0 unspecified atom stereocenters. The lowest BCUT2D eigenvalue weighted by molar-refractivity contribution is 0.0694. The number of carboxylic acid groups (broad SMARTS) is 1. The Morgan fingerprint density at radius 1 is 1.27 bits per heavy atom. The Balaban J connectivity index is 0.00000112. The van der Waals surface area contributed by atoms with E-state index in [2.05, 4.69) is 4.98 Å². The molecule has 78 valence electrons. The molecule has 0 atom stereocenters. The Bertz CT molecular complexity index is 510. The number of hydrogen-bond donors (Lipinski definition) is 2. The number of pyridine rings is 1. The van der Waals surface area contributed by atoms with Crippen LogP contribution < -0.4 is 0 Å². The van der Waals surface area contributed by atoms with Crippen molar-refractivity contribution in [1.29, 1.82) is 0 Å². The van der Waals surface area contributed by atoms with Gasteiger partial charge in [0, 0.05) is 11.6 Å². The van der Waals surface area contributed by atoms with Gasteiger partial charge in [0.05, 0.1) is 0 Å². The van der Waals surface area contributed by atoms with Crippen LogP contribution in [0.3, 0.4) is 0 Å². The molecule has 4 N–H and O–H groups in total. The first kappa shape index (κ1) is 10.9. The topological polar surface area (TPSA) is 102 Å². The SMILES string of the molecule is O.O=C(O)c1ccc2cccnc2c1O. The van der Waals surface area contributed by atoms with Crippen LogP contribution >= 0.6 is 0 Å². The molecule has 0 saturated heterocycles. The molecule has 5 nitrogen and oxygen atoms in total. The first-order valence-electron chi connectivity index (χ1n) is 4.00. The lowest BCUT2D eigenvalue weighted by atomic mass is 10.1. The molecule has 1 aromatic carbocycles. The van der Waals surface area contributed by atoms with Crippen molar-refractivity contribution < 1.29 is 20.5 Å². The van der Waals surface area contributed by atoms with Crippen molar-refractivity contribution >= 4 is 16.9 Å². The standard InChI is InChI=1S/C10H7NO3.H2O/c12-9-7(10(13)14)4-3-6-2-1-5-11-8(6)9;/h1-5,12H,(H,13,14);1H2. The smallest absolute Gasteiger partial charge is 0.339 e. The van der Waals surface area contributed by atoms with Gasteiger partial charge in [-0.05, 0) is 12.1 Å². The van der Waals surface area contributed by atoms with Crippen LogP contribution in [-0.4, -0.2) is 26.6 Å². The van der Waals surface area contributed by atoms with Crippen molar-refractivity contribution in [2.24, 2.45) is 0 Å². The number of rotatable bonds is 1. The van der Waals surface area contributed by atoms with E-state index in [-0.39, 0.29) is 16.8 Å². The van der Waals surface area contributed by atoms with Gasteiger partial charge in [0.1, 0.15) is 11.1 Å². The van der Waals surface area contributed by atoms with E-state index in [0.29, 0.717) is 5.52 Å². The summed E-state index contributed by atoms with van der Waals surface area (Å²) < 4.78 is 0. The second kappa shape index (κ2) is 3.93. The number of phenols is 1. The van der Waals surface area contributed by atoms with Crippen LogP contribution in [0.15, 0.2) is 30.5 Å². The fraction of sp³-hybridized carbons (Fsp3) is 0. The summed E-state index contributed by atoms with van der Waals surface area (Å²) in [6.07, 6.45) is 1.51. The van der Waals surface area contributed by atoms with Gasteiger partial charge in [-0.3, -0.25) is 4.98 Å². The van der Waals surface area contributed by atoms with Crippen molar-refractivity contribution in [1.82, 2.24) is 4.98 Å². The number of hydrogen-bond acceptors (Lipinski definition) is 3. The molecule has 15 heavy (non-hydrogen) atoms. The Morgan fingerprint density at radius 3 is 2.67 bits per heavy atom. The van der Waals surface area contributed by atoms with Gasteiger partial charge < -0.3 is 15.7 Å². The zero-order valence-corrected chi connectivity index (χ0v) is 7.64. The Labute approximate surface area is 84.9 Å². The molecule has 0 radical (unpaired) electrons. The summed E-state index contributed by atoms with van der Waals surface area (Å²) >= 11 is 0. The molecule has 1 aromatic heterocycles.